The van der Waals surface area contributed by atoms with Crippen molar-refractivity contribution in [3.8, 4) is 0 Å². The second kappa shape index (κ2) is 16.0. The molecule has 0 saturated carbocycles. The van der Waals surface area contributed by atoms with Crippen molar-refractivity contribution in [2.24, 2.45) is 0 Å². The Hall–Kier alpha value is -1.05. The lowest BCUT2D eigenvalue weighted by atomic mass is 10.1. The molecular formula is C18H32O2. The van der Waals surface area contributed by atoms with Crippen molar-refractivity contribution in [1.29, 1.82) is 0 Å². The molecule has 0 fully saturated rings. The molecule has 0 aromatic rings. The summed E-state index contributed by atoms with van der Waals surface area (Å²) in [5, 5.41) is 8.52. The van der Waals surface area contributed by atoms with E-state index in [1.165, 1.54) is 12.8 Å². The molecule has 0 atom stereocenters. The van der Waals surface area contributed by atoms with Crippen molar-refractivity contribution < 1.29 is 12.6 Å². The molecule has 0 saturated heterocycles. The van der Waals surface area contributed by atoms with Crippen LogP contribution < -0.4 is 0 Å². The lowest BCUT2D eigenvalue weighted by molar-refractivity contribution is -0.137. The highest BCUT2D eigenvalue weighted by Crippen LogP contribution is 2.08. The van der Waals surface area contributed by atoms with Crippen LogP contribution in [-0.4, -0.2) is 11.1 Å². The fourth-order valence-electron chi connectivity index (χ4n) is 1.94. The highest BCUT2D eigenvalue weighted by atomic mass is 16.4. The molecule has 2 nitrogen and oxygen atoms in total. The Morgan fingerprint density at radius 1 is 0.900 bits per heavy atom. The van der Waals surface area contributed by atoms with Gasteiger partial charge >= 0.3 is 5.97 Å². The maximum atomic E-state index is 10.3. The van der Waals surface area contributed by atoms with Crippen molar-refractivity contribution in [2.75, 3.05) is 0 Å². The zero-order valence-corrected chi connectivity index (χ0v) is 12.9. The van der Waals surface area contributed by atoms with Crippen LogP contribution >= 0.6 is 0 Å². The molecular weight excluding hydrogens is 248 g/mol. The molecule has 20 heavy (non-hydrogen) atoms. The van der Waals surface area contributed by atoms with E-state index in [-0.39, 0.29) is 6.42 Å². The number of hydrogen-bond donors (Lipinski definition) is 1. The van der Waals surface area contributed by atoms with E-state index in [2.05, 4.69) is 6.92 Å². The summed E-state index contributed by atoms with van der Waals surface area (Å²) >= 11 is 0. The minimum Gasteiger partial charge on any atom is -0.481 e. The van der Waals surface area contributed by atoms with Gasteiger partial charge in [-0.25, -0.2) is 0 Å². The summed E-state index contributed by atoms with van der Waals surface area (Å²) in [4.78, 5) is 10.3. The summed E-state index contributed by atoms with van der Waals surface area (Å²) in [6.45, 7) is 2.16. The smallest absolute Gasteiger partial charge is 0.303 e. The van der Waals surface area contributed by atoms with Crippen LogP contribution in [-0.2, 0) is 4.79 Å². The average molecular weight is 282 g/mol. The Morgan fingerprint density at radius 2 is 1.45 bits per heavy atom. The zero-order valence-electron chi connectivity index (χ0n) is 14.9. The monoisotopic (exact) mass is 282 g/mol. The fourth-order valence-corrected chi connectivity index (χ4v) is 1.94. The van der Waals surface area contributed by atoms with Gasteiger partial charge in [-0.3, -0.25) is 4.79 Å². The van der Waals surface area contributed by atoms with Gasteiger partial charge < -0.3 is 5.11 Å². The van der Waals surface area contributed by atoms with Crippen LogP contribution in [0.2, 0.25) is 0 Å². The maximum Gasteiger partial charge on any atom is 0.303 e. The zero-order chi connectivity index (χ0) is 16.7. The molecule has 0 aliphatic carbocycles. The Bertz CT molecular complexity index is 336. The first-order chi connectivity index (χ1) is 10.5. The van der Waals surface area contributed by atoms with Gasteiger partial charge in [-0.15, -0.1) is 0 Å². The molecule has 0 spiro atoms. The van der Waals surface area contributed by atoms with Gasteiger partial charge in [0.25, 0.3) is 0 Å². The number of unbranched alkanes of at least 4 members (excludes halogenated alkanes) is 8. The standard InChI is InChI=1S/C18H32O2/c1-2-3-4-5-6-7-8-9-10-11-12-13-14-15-16-17-18(19)20/h6-7,9-10H,2-5,8,11-17H2,1H3,(H,19,20)/b7-6+,10-9+/i8D2. The molecule has 0 bridgehead atoms. The van der Waals surface area contributed by atoms with Crippen molar-refractivity contribution in [1.82, 2.24) is 0 Å². The Balaban J connectivity index is 3.62. The van der Waals surface area contributed by atoms with Gasteiger partial charge in [0.1, 0.15) is 0 Å². The Labute approximate surface area is 127 Å². The fraction of sp³-hybridized carbons (Fsp3) is 0.722. The lowest BCUT2D eigenvalue weighted by Gasteiger charge is -1.98. The van der Waals surface area contributed by atoms with Crippen LogP contribution in [0.3, 0.4) is 0 Å². The second-order valence-electron chi connectivity index (χ2n) is 5.17. The number of rotatable bonds is 14. The van der Waals surface area contributed by atoms with Crippen molar-refractivity contribution in [3.63, 3.8) is 0 Å². The van der Waals surface area contributed by atoms with Crippen LogP contribution in [0, 0.1) is 0 Å². The van der Waals surface area contributed by atoms with Crippen molar-refractivity contribution in [3.05, 3.63) is 24.3 Å². The van der Waals surface area contributed by atoms with Gasteiger partial charge in [-0.1, -0.05) is 63.3 Å². The van der Waals surface area contributed by atoms with E-state index < -0.39 is 12.3 Å². The van der Waals surface area contributed by atoms with E-state index in [1.807, 2.05) is 12.2 Å². The molecule has 1 N–H and O–H groups in total. The first-order valence-corrected chi connectivity index (χ1v) is 8.05. The third kappa shape index (κ3) is 16.9. The van der Waals surface area contributed by atoms with Gasteiger partial charge in [0, 0.05) is 9.16 Å². The molecule has 2 heteroatoms. The molecule has 0 aromatic carbocycles. The molecule has 0 rings (SSSR count). The van der Waals surface area contributed by atoms with Gasteiger partial charge in [0.05, 0.1) is 0 Å². The Kier molecular flexibility index (Phi) is 12.3. The highest BCUT2D eigenvalue weighted by Gasteiger charge is 1.95. The minimum atomic E-state index is -1.34. The van der Waals surface area contributed by atoms with E-state index in [1.54, 1.807) is 12.2 Å². The Morgan fingerprint density at radius 3 is 2.05 bits per heavy atom. The molecule has 0 unspecified atom stereocenters. The number of carboxylic acids is 1. The van der Waals surface area contributed by atoms with Gasteiger partial charge in [-0.05, 0) is 38.5 Å². The normalized spacial score (nSPS) is 13.8. The summed E-state index contributed by atoms with van der Waals surface area (Å²) in [6, 6.07) is 0. The average Bonchev–Trinajstić information content (AvgIpc) is 2.45. The third-order valence-corrected chi connectivity index (χ3v) is 3.16. The predicted molar refractivity (Wildman–Crippen MR) is 87.0 cm³/mol. The predicted octanol–water partition coefficient (Wildman–Crippen LogP) is 5.88. The third-order valence-electron chi connectivity index (χ3n) is 3.16. The van der Waals surface area contributed by atoms with Crippen LogP contribution in [0.4, 0.5) is 0 Å². The van der Waals surface area contributed by atoms with Crippen molar-refractivity contribution in [2.45, 2.75) is 83.9 Å². The topological polar surface area (TPSA) is 37.3 Å². The number of allylic oxidation sites excluding steroid dienone is 4. The van der Waals surface area contributed by atoms with E-state index in [4.69, 9.17) is 7.85 Å². The number of aliphatic carboxylic acids is 1. The number of carboxylic acid groups (broad SMARTS) is 1. The summed E-state index contributed by atoms with van der Waals surface area (Å²) in [7, 11) is 0. The highest BCUT2D eigenvalue weighted by molar-refractivity contribution is 5.66. The van der Waals surface area contributed by atoms with E-state index in [0.29, 0.717) is 0 Å². The number of carbonyl (C=O) groups is 1. The van der Waals surface area contributed by atoms with Crippen LogP contribution in [0.1, 0.15) is 86.7 Å². The van der Waals surface area contributed by atoms with Crippen LogP contribution in [0.5, 0.6) is 0 Å². The summed E-state index contributed by atoms with van der Waals surface area (Å²) < 4.78 is 15.7. The van der Waals surface area contributed by atoms with Crippen molar-refractivity contribution >= 4 is 5.97 Å². The SMILES string of the molecule is [2H]C([2H])(/C=C/CCCCC)/C=C/CCCCCCCC(=O)O. The summed E-state index contributed by atoms with van der Waals surface area (Å²) in [5.74, 6) is -0.715. The van der Waals surface area contributed by atoms with Crippen LogP contribution in [0.25, 0.3) is 0 Å². The van der Waals surface area contributed by atoms with Gasteiger partial charge in [0.15, 0.2) is 0 Å². The summed E-state index contributed by atoms with van der Waals surface area (Å²) in [5.41, 5.74) is 0. The van der Waals surface area contributed by atoms with Gasteiger partial charge in [0.2, 0.25) is 0 Å². The van der Waals surface area contributed by atoms with Crippen LogP contribution in [0.15, 0.2) is 24.3 Å². The molecule has 0 aliphatic heterocycles. The molecule has 0 aromatic heterocycles. The van der Waals surface area contributed by atoms with E-state index >= 15 is 0 Å². The quantitative estimate of drug-likeness (QED) is 0.319. The number of hydrogen-bond acceptors (Lipinski definition) is 1. The molecule has 0 heterocycles. The van der Waals surface area contributed by atoms with E-state index in [0.717, 1.165) is 51.4 Å². The largest absolute Gasteiger partial charge is 0.481 e. The molecule has 0 aliphatic rings. The maximum absolute atomic E-state index is 10.3. The lowest BCUT2D eigenvalue weighted by Crippen LogP contribution is -1.93. The second-order valence-corrected chi connectivity index (χ2v) is 5.17. The molecule has 0 radical (unpaired) electrons. The first kappa shape index (κ1) is 15.3. The minimum absolute atomic E-state index is 0.269. The van der Waals surface area contributed by atoms with Gasteiger partial charge in [-0.2, -0.15) is 0 Å². The molecule has 116 valence electrons. The first-order valence-electron chi connectivity index (χ1n) is 9.05. The van der Waals surface area contributed by atoms with E-state index in [9.17, 15) is 4.79 Å². The summed E-state index contributed by atoms with van der Waals surface area (Å²) in [6.07, 6.45) is 16.4. The molecule has 0 amide bonds.